The molecule has 10 heteroatoms. The van der Waals surface area contributed by atoms with Gasteiger partial charge in [0, 0.05) is 33.4 Å². The molecular weight excluding hydrogens is 597 g/mol. The van der Waals surface area contributed by atoms with Crippen molar-refractivity contribution in [1.29, 1.82) is 0 Å². The van der Waals surface area contributed by atoms with Gasteiger partial charge >= 0.3 is 0 Å². The van der Waals surface area contributed by atoms with E-state index in [0.717, 1.165) is 4.88 Å². The van der Waals surface area contributed by atoms with E-state index in [9.17, 15) is 9.18 Å². The van der Waals surface area contributed by atoms with Crippen LogP contribution >= 0.6 is 22.9 Å². The second-order valence-corrected chi connectivity index (χ2v) is 11.9. The summed E-state index contributed by atoms with van der Waals surface area (Å²) in [4.78, 5) is 19.0. The van der Waals surface area contributed by atoms with E-state index in [1.54, 1.807) is 42.5 Å². The van der Waals surface area contributed by atoms with Crippen LogP contribution in [0, 0.1) is 5.82 Å². The van der Waals surface area contributed by atoms with Gasteiger partial charge in [-0.15, -0.1) is 11.3 Å². The Morgan fingerprint density at radius 1 is 1.11 bits per heavy atom. The molecule has 0 bridgehead atoms. The number of aliphatic imine (C=N–C) groups is 1. The average Bonchev–Trinajstić information content (AvgIpc) is 3.51. The van der Waals surface area contributed by atoms with E-state index in [4.69, 9.17) is 27.8 Å². The highest BCUT2D eigenvalue weighted by Crippen LogP contribution is 2.40. The molecule has 1 aromatic heterocycles. The number of carbonyl (C=O) groups excluding carboxylic acids is 1. The Bertz CT molecular complexity index is 1810. The number of para-hydroxylation sites is 2. The minimum atomic E-state index is -0.455. The van der Waals surface area contributed by atoms with Gasteiger partial charge in [0.2, 0.25) is 0 Å². The number of benzene rings is 3. The van der Waals surface area contributed by atoms with E-state index < -0.39 is 5.41 Å². The number of anilines is 3. The number of nitrogens with two attached hydrogens (primary N) is 2. The Labute approximate surface area is 264 Å². The SMILES string of the molecule is C=C/N=C(/Nc1ccc(OCc2cccc(F)c2)c(Cl)c1)C1=CC(C)(c2ccc(C(=O)Nc3ccccc3N)s2)CC=C1N. The minimum Gasteiger partial charge on any atom is -0.487 e. The lowest BCUT2D eigenvalue weighted by Gasteiger charge is -2.30. The molecule has 5 rings (SSSR count). The van der Waals surface area contributed by atoms with Crippen LogP contribution in [0.5, 0.6) is 5.75 Å². The number of ether oxygens (including phenoxy) is 1. The largest absolute Gasteiger partial charge is 0.487 e. The minimum absolute atomic E-state index is 0.173. The lowest BCUT2D eigenvalue weighted by Crippen LogP contribution is -2.28. The summed E-state index contributed by atoms with van der Waals surface area (Å²) in [5.41, 5.74) is 15.7. The second-order valence-electron chi connectivity index (χ2n) is 10.4. The molecule has 1 heterocycles. The third kappa shape index (κ3) is 7.02. The zero-order chi connectivity index (χ0) is 31.3. The first-order valence-corrected chi connectivity index (χ1v) is 14.9. The number of halogens is 2. The van der Waals surface area contributed by atoms with Gasteiger partial charge in [-0.05, 0) is 66.6 Å². The second kappa shape index (κ2) is 13.2. The van der Waals surface area contributed by atoms with E-state index in [2.05, 4.69) is 35.2 Å². The van der Waals surface area contributed by atoms with Crippen molar-refractivity contribution < 1.29 is 13.9 Å². The summed E-state index contributed by atoms with van der Waals surface area (Å²) in [5, 5.41) is 6.56. The number of thiophene rings is 1. The van der Waals surface area contributed by atoms with E-state index >= 15 is 0 Å². The average molecular weight is 628 g/mol. The number of rotatable bonds is 9. The zero-order valence-corrected chi connectivity index (χ0v) is 25.5. The quantitative estimate of drug-likeness (QED) is 0.0852. The summed E-state index contributed by atoms with van der Waals surface area (Å²) in [5.74, 6) is 0.387. The maximum absolute atomic E-state index is 13.5. The number of hydrogen-bond acceptors (Lipinski definition) is 6. The molecule has 0 radical (unpaired) electrons. The van der Waals surface area contributed by atoms with Crippen molar-refractivity contribution in [3.63, 3.8) is 0 Å². The van der Waals surface area contributed by atoms with Crippen molar-refractivity contribution in [2.24, 2.45) is 10.7 Å². The van der Waals surface area contributed by atoms with E-state index in [1.807, 2.05) is 30.3 Å². The first kappa shape index (κ1) is 30.6. The molecule has 1 unspecified atom stereocenters. The fourth-order valence-corrected chi connectivity index (χ4v) is 5.98. The van der Waals surface area contributed by atoms with Crippen LogP contribution in [-0.4, -0.2) is 11.7 Å². The van der Waals surface area contributed by atoms with Gasteiger partial charge in [-0.2, -0.15) is 0 Å². The summed E-state index contributed by atoms with van der Waals surface area (Å²) in [6.07, 6.45) is 6.08. The van der Waals surface area contributed by atoms with Crippen molar-refractivity contribution in [3.8, 4) is 5.75 Å². The monoisotopic (exact) mass is 627 g/mol. The number of nitrogen functional groups attached to an aromatic ring is 1. The standard InChI is InChI=1S/C34H31ClFN5O2S/c1-3-39-32(40-23-11-12-29(25(35)18-23)43-20-21-7-6-8-22(36)17-21)24-19-34(2,16-15-26(24)37)31-14-13-30(44-31)33(42)41-28-10-5-4-9-27(28)38/h3-15,17-19H,1,16,20,37-38H2,2H3,(H,39,40)(H,41,42). The van der Waals surface area contributed by atoms with Gasteiger partial charge in [-0.25, -0.2) is 9.38 Å². The highest BCUT2D eigenvalue weighted by molar-refractivity contribution is 7.14. The molecule has 0 saturated carbocycles. The molecule has 6 N–H and O–H groups in total. The lowest BCUT2D eigenvalue weighted by molar-refractivity contribution is 0.103. The van der Waals surface area contributed by atoms with Gasteiger partial charge in [0.1, 0.15) is 24.0 Å². The highest BCUT2D eigenvalue weighted by Gasteiger charge is 2.31. The highest BCUT2D eigenvalue weighted by atomic mass is 35.5. The molecule has 0 spiro atoms. The third-order valence-corrected chi connectivity index (χ3v) is 8.73. The van der Waals surface area contributed by atoms with Crippen LogP contribution in [0.1, 0.15) is 33.5 Å². The number of allylic oxidation sites excluding steroid dienone is 2. The molecule has 1 aliphatic rings. The maximum atomic E-state index is 13.5. The van der Waals surface area contributed by atoms with Crippen molar-refractivity contribution in [3.05, 3.63) is 141 Å². The Hall–Kier alpha value is -4.86. The first-order chi connectivity index (χ1) is 21.1. The van der Waals surface area contributed by atoms with Crippen LogP contribution in [0.25, 0.3) is 0 Å². The molecule has 1 atom stereocenters. The number of hydrogen-bond donors (Lipinski definition) is 4. The van der Waals surface area contributed by atoms with E-state index in [0.29, 0.717) is 61.8 Å². The van der Waals surface area contributed by atoms with Crippen LogP contribution in [0.4, 0.5) is 21.5 Å². The number of nitrogens with one attached hydrogen (secondary N) is 2. The summed E-state index contributed by atoms with van der Waals surface area (Å²) in [6.45, 7) is 6.03. The molecule has 224 valence electrons. The molecule has 44 heavy (non-hydrogen) atoms. The molecule has 1 amide bonds. The number of amidine groups is 1. The number of carbonyl (C=O) groups is 1. The van der Waals surface area contributed by atoms with Crippen molar-refractivity contribution >= 4 is 51.7 Å². The van der Waals surface area contributed by atoms with Crippen molar-refractivity contribution in [2.45, 2.75) is 25.4 Å². The third-order valence-electron chi connectivity index (χ3n) is 7.08. The Kier molecular flexibility index (Phi) is 9.18. The number of amides is 1. The smallest absolute Gasteiger partial charge is 0.265 e. The molecule has 0 fully saturated rings. The maximum Gasteiger partial charge on any atom is 0.265 e. The summed E-state index contributed by atoms with van der Waals surface area (Å²) < 4.78 is 19.3. The van der Waals surface area contributed by atoms with Gasteiger partial charge in [0.25, 0.3) is 5.91 Å². The Balaban J connectivity index is 1.34. The van der Waals surface area contributed by atoms with Crippen LogP contribution in [-0.2, 0) is 12.0 Å². The molecule has 1 aliphatic carbocycles. The van der Waals surface area contributed by atoms with Crippen molar-refractivity contribution in [1.82, 2.24) is 0 Å². The normalized spacial score (nSPS) is 16.5. The zero-order valence-electron chi connectivity index (χ0n) is 23.9. The van der Waals surface area contributed by atoms with Crippen LogP contribution in [0.2, 0.25) is 5.02 Å². The fraction of sp³-hybridized carbons (Fsp3) is 0.118. The molecule has 4 aromatic rings. The fourth-order valence-electron chi connectivity index (χ4n) is 4.71. The Morgan fingerprint density at radius 2 is 1.93 bits per heavy atom. The van der Waals surface area contributed by atoms with Crippen LogP contribution < -0.4 is 26.8 Å². The van der Waals surface area contributed by atoms with Crippen molar-refractivity contribution in [2.75, 3.05) is 16.4 Å². The predicted molar refractivity (Wildman–Crippen MR) is 179 cm³/mol. The molecule has 0 aliphatic heterocycles. The van der Waals surface area contributed by atoms with Crippen LogP contribution in [0.15, 0.2) is 120 Å². The predicted octanol–water partition coefficient (Wildman–Crippen LogP) is 8.04. The molecular formula is C34H31ClFN5O2S. The van der Waals surface area contributed by atoms with Gasteiger partial charge in [-0.3, -0.25) is 4.79 Å². The topological polar surface area (TPSA) is 115 Å². The summed E-state index contributed by atoms with van der Waals surface area (Å²) in [6, 6.07) is 22.4. The molecule has 3 aromatic carbocycles. The first-order valence-electron chi connectivity index (χ1n) is 13.7. The van der Waals surface area contributed by atoms with Gasteiger partial charge in [-0.1, -0.05) is 61.5 Å². The lowest BCUT2D eigenvalue weighted by atomic mass is 9.79. The summed E-state index contributed by atoms with van der Waals surface area (Å²) >= 11 is 7.94. The molecule has 0 saturated heterocycles. The summed E-state index contributed by atoms with van der Waals surface area (Å²) in [7, 11) is 0. The van der Waals surface area contributed by atoms with Gasteiger partial charge in [0.05, 0.1) is 21.3 Å². The van der Waals surface area contributed by atoms with Crippen LogP contribution in [0.3, 0.4) is 0 Å². The Morgan fingerprint density at radius 3 is 2.68 bits per heavy atom. The van der Waals surface area contributed by atoms with Gasteiger partial charge in [0.15, 0.2) is 0 Å². The van der Waals surface area contributed by atoms with E-state index in [1.165, 1.54) is 29.7 Å². The molecule has 7 nitrogen and oxygen atoms in total. The van der Waals surface area contributed by atoms with Gasteiger partial charge < -0.3 is 26.8 Å². The number of nitrogens with zero attached hydrogens (tertiary/aromatic N) is 1. The van der Waals surface area contributed by atoms with E-state index in [-0.39, 0.29) is 18.3 Å².